The van der Waals surface area contributed by atoms with Gasteiger partial charge in [0.1, 0.15) is 0 Å². The van der Waals surface area contributed by atoms with Crippen LogP contribution >= 0.6 is 11.6 Å². The van der Waals surface area contributed by atoms with E-state index in [-0.39, 0.29) is 0 Å². The fourth-order valence-corrected chi connectivity index (χ4v) is 1.78. The average Bonchev–Trinajstić information content (AvgIpc) is 2.63. The Morgan fingerprint density at radius 3 is 3.14 bits per heavy atom. The molecule has 0 unspecified atom stereocenters. The number of nitrogens with one attached hydrogen (secondary N) is 2. The van der Waals surface area contributed by atoms with Crippen molar-refractivity contribution in [3.05, 3.63) is 28.9 Å². The molecule has 2 rings (SSSR count). The molecule has 1 aromatic heterocycles. The van der Waals surface area contributed by atoms with Crippen molar-refractivity contribution < 1.29 is 0 Å². The fourth-order valence-electron chi connectivity index (χ4n) is 1.49. The number of aromatic amines is 1. The van der Waals surface area contributed by atoms with Gasteiger partial charge in [0.2, 0.25) is 0 Å². The summed E-state index contributed by atoms with van der Waals surface area (Å²) in [6.45, 7) is 0.958. The predicted molar refractivity (Wildman–Crippen MR) is 58.7 cm³/mol. The first-order valence-corrected chi connectivity index (χ1v) is 4.95. The Morgan fingerprint density at radius 2 is 2.36 bits per heavy atom. The normalized spacial score (nSPS) is 11.0. The fraction of sp³-hybridized carbons (Fsp3) is 0.300. The molecule has 0 aliphatic carbocycles. The molecule has 0 amide bonds. The third-order valence-corrected chi connectivity index (χ3v) is 2.52. The SMILES string of the molecule is CNCCc1cc(Cl)c2[nH]ncc2c1. The molecular formula is C10H12ClN3. The summed E-state index contributed by atoms with van der Waals surface area (Å²) in [6.07, 6.45) is 2.78. The highest BCUT2D eigenvalue weighted by Crippen LogP contribution is 2.23. The van der Waals surface area contributed by atoms with Crippen LogP contribution in [0.2, 0.25) is 5.02 Å². The van der Waals surface area contributed by atoms with E-state index in [0.717, 1.165) is 28.9 Å². The van der Waals surface area contributed by atoms with Gasteiger partial charge in [0.15, 0.2) is 0 Å². The van der Waals surface area contributed by atoms with Crippen molar-refractivity contribution in [1.29, 1.82) is 0 Å². The summed E-state index contributed by atoms with van der Waals surface area (Å²) in [5, 5.41) is 11.8. The highest BCUT2D eigenvalue weighted by molar-refractivity contribution is 6.35. The average molecular weight is 210 g/mol. The van der Waals surface area contributed by atoms with E-state index in [0.29, 0.717) is 0 Å². The second-order valence-corrected chi connectivity index (χ2v) is 3.67. The molecule has 0 atom stereocenters. The maximum Gasteiger partial charge on any atom is 0.0836 e. The number of nitrogens with zero attached hydrogens (tertiary/aromatic N) is 1. The van der Waals surface area contributed by atoms with Crippen molar-refractivity contribution in [2.24, 2.45) is 0 Å². The molecule has 3 nitrogen and oxygen atoms in total. The zero-order valence-corrected chi connectivity index (χ0v) is 8.73. The first kappa shape index (κ1) is 9.49. The molecule has 0 radical (unpaired) electrons. The zero-order chi connectivity index (χ0) is 9.97. The first-order chi connectivity index (χ1) is 6.81. The van der Waals surface area contributed by atoms with Crippen molar-refractivity contribution in [2.45, 2.75) is 6.42 Å². The number of H-pyrrole nitrogens is 1. The first-order valence-electron chi connectivity index (χ1n) is 4.57. The Kier molecular flexibility index (Phi) is 2.70. The van der Waals surface area contributed by atoms with Gasteiger partial charge in [-0.2, -0.15) is 5.10 Å². The number of hydrogen-bond donors (Lipinski definition) is 2. The third kappa shape index (κ3) is 1.74. The Morgan fingerprint density at radius 1 is 1.50 bits per heavy atom. The van der Waals surface area contributed by atoms with Crippen LogP contribution < -0.4 is 5.32 Å². The largest absolute Gasteiger partial charge is 0.319 e. The van der Waals surface area contributed by atoms with Gasteiger partial charge in [-0.05, 0) is 37.7 Å². The van der Waals surface area contributed by atoms with Gasteiger partial charge in [-0.3, -0.25) is 5.10 Å². The van der Waals surface area contributed by atoms with E-state index in [9.17, 15) is 0 Å². The smallest absolute Gasteiger partial charge is 0.0836 e. The Bertz CT molecular complexity index is 436. The Labute approximate surface area is 87.5 Å². The molecule has 1 aromatic carbocycles. The Hall–Kier alpha value is -1.06. The molecule has 0 bridgehead atoms. The lowest BCUT2D eigenvalue weighted by atomic mass is 10.1. The lowest BCUT2D eigenvalue weighted by Crippen LogP contribution is -2.10. The van der Waals surface area contributed by atoms with Crippen LogP contribution in [0.1, 0.15) is 5.56 Å². The van der Waals surface area contributed by atoms with Crippen LogP contribution in [-0.4, -0.2) is 23.8 Å². The van der Waals surface area contributed by atoms with Crippen molar-refractivity contribution in [3.63, 3.8) is 0 Å². The molecule has 2 aromatic rings. The number of benzene rings is 1. The molecule has 74 valence electrons. The molecule has 14 heavy (non-hydrogen) atoms. The number of halogens is 1. The molecule has 0 fully saturated rings. The van der Waals surface area contributed by atoms with Gasteiger partial charge in [-0.25, -0.2) is 0 Å². The summed E-state index contributed by atoms with van der Waals surface area (Å²) >= 11 is 6.09. The molecule has 0 aliphatic heterocycles. The number of likely N-dealkylation sites (N-methyl/N-ethyl adjacent to an activating group) is 1. The van der Waals surface area contributed by atoms with Crippen LogP contribution in [0.25, 0.3) is 10.9 Å². The summed E-state index contributed by atoms with van der Waals surface area (Å²) in [7, 11) is 1.94. The van der Waals surface area contributed by atoms with Crippen molar-refractivity contribution in [3.8, 4) is 0 Å². The topological polar surface area (TPSA) is 40.7 Å². The van der Waals surface area contributed by atoms with Crippen molar-refractivity contribution in [2.75, 3.05) is 13.6 Å². The van der Waals surface area contributed by atoms with E-state index in [1.165, 1.54) is 5.56 Å². The van der Waals surface area contributed by atoms with E-state index in [2.05, 4.69) is 21.6 Å². The van der Waals surface area contributed by atoms with E-state index >= 15 is 0 Å². The summed E-state index contributed by atoms with van der Waals surface area (Å²) in [5.41, 5.74) is 2.15. The van der Waals surface area contributed by atoms with Gasteiger partial charge >= 0.3 is 0 Å². The molecule has 0 aliphatic rings. The van der Waals surface area contributed by atoms with Crippen LogP contribution in [0.4, 0.5) is 0 Å². The molecule has 0 spiro atoms. The van der Waals surface area contributed by atoms with Gasteiger partial charge in [0.25, 0.3) is 0 Å². The van der Waals surface area contributed by atoms with E-state index in [1.54, 1.807) is 6.20 Å². The predicted octanol–water partition coefficient (Wildman–Crippen LogP) is 1.98. The van der Waals surface area contributed by atoms with Crippen molar-refractivity contribution >= 4 is 22.5 Å². The van der Waals surface area contributed by atoms with Crippen LogP contribution in [-0.2, 0) is 6.42 Å². The van der Waals surface area contributed by atoms with Gasteiger partial charge < -0.3 is 5.32 Å². The maximum absolute atomic E-state index is 6.09. The van der Waals surface area contributed by atoms with Gasteiger partial charge in [0.05, 0.1) is 16.7 Å². The lowest BCUT2D eigenvalue weighted by Gasteiger charge is -2.02. The van der Waals surface area contributed by atoms with E-state index < -0.39 is 0 Å². The minimum atomic E-state index is 0.742. The van der Waals surface area contributed by atoms with Crippen molar-refractivity contribution in [1.82, 2.24) is 15.5 Å². The van der Waals surface area contributed by atoms with Crippen LogP contribution in [0.15, 0.2) is 18.3 Å². The molecule has 1 heterocycles. The summed E-state index contributed by atoms with van der Waals surface area (Å²) in [5.74, 6) is 0. The van der Waals surface area contributed by atoms with Crippen LogP contribution in [0, 0.1) is 0 Å². The minimum Gasteiger partial charge on any atom is -0.319 e. The number of fused-ring (bicyclic) bond motifs is 1. The zero-order valence-electron chi connectivity index (χ0n) is 7.97. The van der Waals surface area contributed by atoms with Gasteiger partial charge in [-0.1, -0.05) is 11.6 Å². The summed E-state index contributed by atoms with van der Waals surface area (Å²) in [6, 6.07) is 4.10. The quantitative estimate of drug-likeness (QED) is 0.812. The lowest BCUT2D eigenvalue weighted by molar-refractivity contribution is 0.792. The minimum absolute atomic E-state index is 0.742. The van der Waals surface area contributed by atoms with Crippen LogP contribution in [0.3, 0.4) is 0 Å². The van der Waals surface area contributed by atoms with Crippen LogP contribution in [0.5, 0.6) is 0 Å². The molecule has 0 saturated heterocycles. The molecule has 4 heteroatoms. The summed E-state index contributed by atoms with van der Waals surface area (Å²) in [4.78, 5) is 0. The Balaban J connectivity index is 2.38. The number of rotatable bonds is 3. The van der Waals surface area contributed by atoms with Gasteiger partial charge in [0, 0.05) is 5.39 Å². The number of hydrogen-bond acceptors (Lipinski definition) is 2. The molecule has 0 saturated carbocycles. The maximum atomic E-state index is 6.09. The second-order valence-electron chi connectivity index (χ2n) is 3.27. The summed E-state index contributed by atoms with van der Waals surface area (Å²) < 4.78 is 0. The highest BCUT2D eigenvalue weighted by atomic mass is 35.5. The number of aromatic nitrogens is 2. The molecule has 2 N–H and O–H groups in total. The third-order valence-electron chi connectivity index (χ3n) is 2.22. The molecular weight excluding hydrogens is 198 g/mol. The van der Waals surface area contributed by atoms with E-state index in [4.69, 9.17) is 11.6 Å². The monoisotopic (exact) mass is 209 g/mol. The van der Waals surface area contributed by atoms with Gasteiger partial charge in [-0.15, -0.1) is 0 Å². The highest BCUT2D eigenvalue weighted by Gasteiger charge is 2.03. The second kappa shape index (κ2) is 3.98. The standard InChI is InChI=1S/C10H12ClN3/c1-12-3-2-7-4-8-6-13-14-10(8)9(11)5-7/h4-6,12H,2-3H2,1H3,(H,13,14). The van der Waals surface area contributed by atoms with E-state index in [1.807, 2.05) is 13.1 Å².